The number of benzene rings is 1. The van der Waals surface area contributed by atoms with E-state index in [0.29, 0.717) is 0 Å². The van der Waals surface area contributed by atoms with Crippen LogP contribution in [0.5, 0.6) is 0 Å². The van der Waals surface area contributed by atoms with Gasteiger partial charge in [-0.05, 0) is 36.5 Å². The van der Waals surface area contributed by atoms with Crippen molar-refractivity contribution in [1.82, 2.24) is 9.55 Å². The predicted molar refractivity (Wildman–Crippen MR) is 85.9 cm³/mol. The molecule has 0 radical (unpaired) electrons. The largest absolute Gasteiger partial charge is 0.328 e. The summed E-state index contributed by atoms with van der Waals surface area (Å²) in [6.07, 6.45) is 1.94. The second-order valence-corrected chi connectivity index (χ2v) is 6.85. The van der Waals surface area contributed by atoms with E-state index in [2.05, 4.69) is 57.4 Å². The molecule has 1 aromatic carbocycles. The summed E-state index contributed by atoms with van der Waals surface area (Å²) in [6, 6.07) is 6.62. The van der Waals surface area contributed by atoms with Gasteiger partial charge in [-0.15, -0.1) is 0 Å². The van der Waals surface area contributed by atoms with Crippen molar-refractivity contribution in [3.8, 4) is 0 Å². The Morgan fingerprint density at radius 1 is 1.30 bits per heavy atom. The van der Waals surface area contributed by atoms with Gasteiger partial charge in [-0.25, -0.2) is 4.98 Å². The number of hydrogen-bond acceptors (Lipinski definition) is 2. The average Bonchev–Trinajstić information content (AvgIpc) is 2.66. The van der Waals surface area contributed by atoms with Crippen LogP contribution in [0.25, 0.3) is 11.0 Å². The Hall–Kier alpha value is -1.35. The minimum Gasteiger partial charge on any atom is -0.328 e. The average molecular weight is 273 g/mol. The van der Waals surface area contributed by atoms with Crippen LogP contribution < -0.4 is 5.73 Å². The van der Waals surface area contributed by atoms with E-state index in [1.165, 1.54) is 11.1 Å². The summed E-state index contributed by atoms with van der Waals surface area (Å²) in [4.78, 5) is 4.83. The molecule has 3 heteroatoms. The van der Waals surface area contributed by atoms with E-state index in [1.54, 1.807) is 0 Å². The molecule has 0 bridgehead atoms. The summed E-state index contributed by atoms with van der Waals surface area (Å²) in [6.45, 7) is 11.9. The molecule has 0 aliphatic heterocycles. The maximum Gasteiger partial charge on any atom is 0.111 e. The first-order valence-corrected chi connectivity index (χ1v) is 7.54. The molecule has 0 aliphatic carbocycles. The van der Waals surface area contributed by atoms with Crippen LogP contribution in [-0.4, -0.2) is 15.6 Å². The molecule has 0 saturated carbocycles. The number of nitrogens with zero attached hydrogens (tertiary/aromatic N) is 2. The fourth-order valence-corrected chi connectivity index (χ4v) is 2.42. The number of aryl methyl sites for hydroxylation is 2. The van der Waals surface area contributed by atoms with Gasteiger partial charge in [-0.1, -0.05) is 33.8 Å². The quantitative estimate of drug-likeness (QED) is 0.923. The first kappa shape index (κ1) is 15.0. The van der Waals surface area contributed by atoms with Gasteiger partial charge in [0.05, 0.1) is 11.0 Å². The molecule has 0 fully saturated rings. The molecular weight excluding hydrogens is 246 g/mol. The van der Waals surface area contributed by atoms with Crippen molar-refractivity contribution in [1.29, 1.82) is 0 Å². The Balaban J connectivity index is 2.43. The fourth-order valence-electron chi connectivity index (χ4n) is 2.42. The van der Waals surface area contributed by atoms with E-state index >= 15 is 0 Å². The third-order valence-corrected chi connectivity index (χ3v) is 3.94. The van der Waals surface area contributed by atoms with E-state index in [4.69, 9.17) is 10.7 Å². The van der Waals surface area contributed by atoms with Crippen LogP contribution in [-0.2, 0) is 13.0 Å². The van der Waals surface area contributed by atoms with Gasteiger partial charge in [0, 0.05) is 19.0 Å². The van der Waals surface area contributed by atoms with Crippen molar-refractivity contribution in [2.75, 3.05) is 0 Å². The Bertz CT molecular complexity index is 590. The van der Waals surface area contributed by atoms with Crippen molar-refractivity contribution < 1.29 is 0 Å². The molecule has 0 saturated heterocycles. The lowest BCUT2D eigenvalue weighted by molar-refractivity contribution is 0.312. The van der Waals surface area contributed by atoms with E-state index in [-0.39, 0.29) is 11.5 Å². The maximum absolute atomic E-state index is 6.35. The summed E-state index contributed by atoms with van der Waals surface area (Å²) in [7, 11) is 0. The van der Waals surface area contributed by atoms with Gasteiger partial charge in [0.25, 0.3) is 0 Å². The molecule has 1 heterocycles. The Morgan fingerprint density at radius 3 is 2.60 bits per heavy atom. The van der Waals surface area contributed by atoms with Gasteiger partial charge in [0.2, 0.25) is 0 Å². The molecule has 1 unspecified atom stereocenters. The molecule has 110 valence electrons. The number of rotatable bonds is 4. The van der Waals surface area contributed by atoms with Crippen molar-refractivity contribution >= 4 is 11.0 Å². The zero-order valence-electron chi connectivity index (χ0n) is 13.4. The maximum atomic E-state index is 6.35. The highest BCUT2D eigenvalue weighted by molar-refractivity contribution is 5.76. The first-order valence-electron chi connectivity index (χ1n) is 7.54. The predicted octanol–water partition coefficient (Wildman–Crippen LogP) is 3.67. The summed E-state index contributed by atoms with van der Waals surface area (Å²) < 4.78 is 2.33. The number of imidazole rings is 1. The highest BCUT2D eigenvalue weighted by Gasteiger charge is 2.23. The van der Waals surface area contributed by atoms with E-state index in [0.717, 1.165) is 30.7 Å². The molecule has 0 amide bonds. The van der Waals surface area contributed by atoms with Gasteiger partial charge in [-0.2, -0.15) is 0 Å². The van der Waals surface area contributed by atoms with Gasteiger partial charge >= 0.3 is 0 Å². The normalized spacial score (nSPS) is 13.9. The molecule has 20 heavy (non-hydrogen) atoms. The van der Waals surface area contributed by atoms with E-state index < -0.39 is 0 Å². The summed E-state index contributed by atoms with van der Waals surface area (Å²) in [5.41, 5.74) is 10.0. The van der Waals surface area contributed by atoms with Crippen LogP contribution in [0.15, 0.2) is 18.2 Å². The Morgan fingerprint density at radius 2 is 2.00 bits per heavy atom. The third kappa shape index (κ3) is 3.04. The van der Waals surface area contributed by atoms with Gasteiger partial charge in [0.1, 0.15) is 5.82 Å². The van der Waals surface area contributed by atoms with Crippen molar-refractivity contribution in [3.05, 3.63) is 29.6 Å². The van der Waals surface area contributed by atoms with E-state index in [9.17, 15) is 0 Å². The van der Waals surface area contributed by atoms with Gasteiger partial charge in [-0.3, -0.25) is 0 Å². The van der Waals surface area contributed by atoms with Crippen LogP contribution in [0.2, 0.25) is 0 Å². The van der Waals surface area contributed by atoms with Crippen LogP contribution in [0.1, 0.15) is 45.5 Å². The van der Waals surface area contributed by atoms with Crippen LogP contribution >= 0.6 is 0 Å². The highest BCUT2D eigenvalue weighted by atomic mass is 15.1. The monoisotopic (exact) mass is 273 g/mol. The topological polar surface area (TPSA) is 43.8 Å². The lowest BCUT2D eigenvalue weighted by atomic mass is 9.85. The molecule has 0 aliphatic rings. The van der Waals surface area contributed by atoms with Crippen molar-refractivity contribution in [2.45, 2.75) is 60.0 Å². The zero-order valence-corrected chi connectivity index (χ0v) is 13.4. The second-order valence-electron chi connectivity index (χ2n) is 6.85. The number of fused-ring (bicyclic) bond motifs is 1. The SMILES string of the molecule is CCCn1c(CC(N)C(C)(C)C)nc2cc(C)ccc21. The molecule has 2 N–H and O–H groups in total. The highest BCUT2D eigenvalue weighted by Crippen LogP contribution is 2.24. The second kappa shape index (κ2) is 5.57. The third-order valence-electron chi connectivity index (χ3n) is 3.94. The molecule has 2 aromatic rings. The molecule has 3 nitrogen and oxygen atoms in total. The number of nitrogens with two attached hydrogens (primary N) is 1. The smallest absolute Gasteiger partial charge is 0.111 e. The molecular formula is C17H27N3. The van der Waals surface area contributed by atoms with Gasteiger partial charge in [0.15, 0.2) is 0 Å². The minimum absolute atomic E-state index is 0.102. The minimum atomic E-state index is 0.102. The first-order chi connectivity index (χ1) is 9.32. The van der Waals surface area contributed by atoms with E-state index in [1.807, 2.05) is 0 Å². The number of hydrogen-bond donors (Lipinski definition) is 1. The Labute approximate surface area is 122 Å². The van der Waals surface area contributed by atoms with Gasteiger partial charge < -0.3 is 10.3 Å². The lowest BCUT2D eigenvalue weighted by Gasteiger charge is -2.27. The molecule has 1 aromatic heterocycles. The van der Waals surface area contributed by atoms with Crippen LogP contribution in [0.4, 0.5) is 0 Å². The zero-order chi connectivity index (χ0) is 14.9. The Kier molecular flexibility index (Phi) is 4.19. The van der Waals surface area contributed by atoms with Crippen molar-refractivity contribution in [3.63, 3.8) is 0 Å². The van der Waals surface area contributed by atoms with Crippen LogP contribution in [0, 0.1) is 12.3 Å². The fraction of sp³-hybridized carbons (Fsp3) is 0.588. The molecule has 1 atom stereocenters. The standard InChI is InChI=1S/C17H27N3/c1-6-9-20-14-8-7-12(2)10-13(14)19-16(20)11-15(18)17(3,4)5/h7-8,10,15H,6,9,11,18H2,1-5H3. The molecule has 2 rings (SSSR count). The molecule has 0 spiro atoms. The summed E-state index contributed by atoms with van der Waals surface area (Å²) in [5.74, 6) is 1.12. The van der Waals surface area contributed by atoms with Crippen LogP contribution in [0.3, 0.4) is 0 Å². The summed E-state index contributed by atoms with van der Waals surface area (Å²) in [5, 5.41) is 0. The summed E-state index contributed by atoms with van der Waals surface area (Å²) >= 11 is 0. The van der Waals surface area contributed by atoms with Crippen molar-refractivity contribution in [2.24, 2.45) is 11.1 Å². The lowest BCUT2D eigenvalue weighted by Crippen LogP contribution is -2.37. The number of aromatic nitrogens is 2.